The molecule has 2 aromatic rings. The third kappa shape index (κ3) is 4.33. The molecule has 4 nitrogen and oxygen atoms in total. The van der Waals surface area contributed by atoms with Crippen LogP contribution in [-0.2, 0) is 9.53 Å². The van der Waals surface area contributed by atoms with Gasteiger partial charge in [0, 0.05) is 29.6 Å². The van der Waals surface area contributed by atoms with Gasteiger partial charge in [-0.15, -0.1) is 0 Å². The quantitative estimate of drug-likeness (QED) is 0.825. The number of rotatable bonds is 5. The Morgan fingerprint density at radius 2 is 2.05 bits per heavy atom. The Morgan fingerprint density at radius 3 is 2.76 bits per heavy atom. The predicted molar refractivity (Wildman–Crippen MR) is 84.9 cm³/mol. The number of fused-ring (bicyclic) bond motifs is 1. The van der Waals surface area contributed by atoms with E-state index in [0.29, 0.717) is 6.42 Å². The van der Waals surface area contributed by atoms with Crippen molar-refractivity contribution in [3.8, 4) is 0 Å². The molecule has 0 bridgehead atoms. The number of esters is 1. The number of para-hydroxylation sites is 1. The molecule has 3 N–H and O–H groups in total. The molecule has 0 saturated heterocycles. The molecule has 0 spiro atoms. The van der Waals surface area contributed by atoms with Crippen molar-refractivity contribution in [2.75, 3.05) is 0 Å². The summed E-state index contributed by atoms with van der Waals surface area (Å²) in [7, 11) is 0. The molecule has 4 heteroatoms. The fourth-order valence-corrected chi connectivity index (χ4v) is 2.42. The minimum atomic E-state index is -0.421. The molecular weight excluding hydrogens is 264 g/mol. The van der Waals surface area contributed by atoms with E-state index in [1.165, 1.54) is 0 Å². The van der Waals surface area contributed by atoms with E-state index in [1.54, 1.807) is 0 Å². The van der Waals surface area contributed by atoms with E-state index in [9.17, 15) is 4.79 Å². The normalized spacial score (nSPS) is 13.3. The van der Waals surface area contributed by atoms with Crippen molar-refractivity contribution in [2.24, 2.45) is 5.73 Å². The van der Waals surface area contributed by atoms with Crippen LogP contribution in [0.2, 0.25) is 0 Å². The molecule has 1 atom stereocenters. The van der Waals surface area contributed by atoms with Crippen molar-refractivity contribution >= 4 is 16.9 Å². The molecule has 1 aromatic heterocycles. The van der Waals surface area contributed by atoms with Gasteiger partial charge in [-0.05, 0) is 45.2 Å². The molecule has 0 aliphatic heterocycles. The van der Waals surface area contributed by atoms with Crippen LogP contribution >= 0.6 is 0 Å². The number of aromatic amines is 1. The molecule has 1 unspecified atom stereocenters. The molecule has 114 valence electrons. The lowest BCUT2D eigenvalue weighted by atomic mass is 10.0. The number of ether oxygens (including phenoxy) is 1. The van der Waals surface area contributed by atoms with Gasteiger partial charge in [-0.3, -0.25) is 4.79 Å². The average Bonchev–Trinajstić information content (AvgIpc) is 2.80. The molecule has 0 amide bonds. The van der Waals surface area contributed by atoms with Gasteiger partial charge >= 0.3 is 5.97 Å². The summed E-state index contributed by atoms with van der Waals surface area (Å²) in [6, 6.07) is 8.04. The Balaban J connectivity index is 1.88. The number of benzene rings is 1. The van der Waals surface area contributed by atoms with Crippen molar-refractivity contribution in [3.63, 3.8) is 0 Å². The lowest BCUT2D eigenvalue weighted by molar-refractivity contribution is -0.154. The fraction of sp³-hybridized carbons (Fsp3) is 0.471. The van der Waals surface area contributed by atoms with Gasteiger partial charge in [0.25, 0.3) is 0 Å². The molecule has 2 rings (SSSR count). The van der Waals surface area contributed by atoms with E-state index in [0.717, 1.165) is 29.3 Å². The third-order valence-corrected chi connectivity index (χ3v) is 3.34. The van der Waals surface area contributed by atoms with Crippen LogP contribution in [0.4, 0.5) is 0 Å². The number of carbonyl (C=O) groups is 1. The number of H-pyrrole nitrogens is 1. The van der Waals surface area contributed by atoms with Crippen molar-refractivity contribution in [1.29, 1.82) is 0 Å². The van der Waals surface area contributed by atoms with Crippen LogP contribution in [0.5, 0.6) is 0 Å². The van der Waals surface area contributed by atoms with Gasteiger partial charge in [-0.2, -0.15) is 0 Å². The number of aromatic nitrogens is 1. The maximum Gasteiger partial charge on any atom is 0.306 e. The number of nitrogens with one attached hydrogen (secondary N) is 1. The molecule has 21 heavy (non-hydrogen) atoms. The first-order valence-corrected chi connectivity index (χ1v) is 7.40. The highest BCUT2D eigenvalue weighted by Crippen LogP contribution is 2.25. The van der Waals surface area contributed by atoms with E-state index >= 15 is 0 Å². The first kappa shape index (κ1) is 15.6. The summed E-state index contributed by atoms with van der Waals surface area (Å²) in [5.74, 6) is -0.159. The maximum absolute atomic E-state index is 11.7. The number of nitrogens with two attached hydrogens (primary N) is 1. The Kier molecular flexibility index (Phi) is 4.68. The Hall–Kier alpha value is -1.81. The lowest BCUT2D eigenvalue weighted by Crippen LogP contribution is -2.23. The molecule has 1 aromatic carbocycles. The van der Waals surface area contributed by atoms with Gasteiger partial charge < -0.3 is 15.5 Å². The topological polar surface area (TPSA) is 68.1 Å². The fourth-order valence-electron chi connectivity index (χ4n) is 2.42. The Bertz CT molecular complexity index is 611. The molecule has 0 aliphatic rings. The number of hydrogen-bond acceptors (Lipinski definition) is 3. The van der Waals surface area contributed by atoms with Crippen LogP contribution < -0.4 is 5.73 Å². The minimum Gasteiger partial charge on any atom is -0.460 e. The van der Waals surface area contributed by atoms with Crippen LogP contribution in [0, 0.1) is 0 Å². The summed E-state index contributed by atoms with van der Waals surface area (Å²) in [5.41, 5.74) is 8.03. The SMILES string of the molecule is CC(C)(C)OC(=O)CCCC(N)c1c[nH]c2ccccc12. The molecule has 0 radical (unpaired) electrons. The van der Waals surface area contributed by atoms with Crippen molar-refractivity contribution in [1.82, 2.24) is 4.98 Å². The maximum atomic E-state index is 11.7. The zero-order chi connectivity index (χ0) is 15.5. The van der Waals surface area contributed by atoms with Crippen LogP contribution in [0.3, 0.4) is 0 Å². The summed E-state index contributed by atoms with van der Waals surface area (Å²) in [6.45, 7) is 5.63. The minimum absolute atomic E-state index is 0.0661. The highest BCUT2D eigenvalue weighted by molar-refractivity contribution is 5.83. The van der Waals surface area contributed by atoms with Crippen LogP contribution in [0.15, 0.2) is 30.5 Å². The molecule has 0 aliphatic carbocycles. The summed E-state index contributed by atoms with van der Waals surface area (Å²) in [4.78, 5) is 14.9. The summed E-state index contributed by atoms with van der Waals surface area (Å²) in [6.07, 6.45) is 3.87. The first-order chi connectivity index (χ1) is 9.87. The molecule has 0 fully saturated rings. The van der Waals surface area contributed by atoms with Crippen molar-refractivity contribution < 1.29 is 9.53 Å². The van der Waals surface area contributed by atoms with Gasteiger partial charge in [0.05, 0.1) is 0 Å². The van der Waals surface area contributed by atoms with Gasteiger partial charge in [-0.1, -0.05) is 18.2 Å². The Labute approximate surface area is 125 Å². The smallest absolute Gasteiger partial charge is 0.306 e. The summed E-state index contributed by atoms with van der Waals surface area (Å²) >= 11 is 0. The molecule has 1 heterocycles. The molecular formula is C17H24N2O2. The standard InChI is InChI=1S/C17H24N2O2/c1-17(2,3)21-16(20)10-6-8-14(18)13-11-19-15-9-5-4-7-12(13)15/h4-5,7,9,11,14,19H,6,8,10,18H2,1-3H3. The summed E-state index contributed by atoms with van der Waals surface area (Å²) < 4.78 is 5.29. The molecule has 0 saturated carbocycles. The van der Waals surface area contributed by atoms with Crippen LogP contribution in [0.1, 0.15) is 51.6 Å². The number of carbonyl (C=O) groups excluding carboxylic acids is 1. The third-order valence-electron chi connectivity index (χ3n) is 3.34. The van der Waals surface area contributed by atoms with Crippen molar-refractivity contribution in [3.05, 3.63) is 36.0 Å². The highest BCUT2D eigenvalue weighted by Gasteiger charge is 2.17. The predicted octanol–water partition coefficient (Wildman–Crippen LogP) is 3.68. The second-order valence-electron chi connectivity index (χ2n) is 6.37. The zero-order valence-electron chi connectivity index (χ0n) is 13.0. The highest BCUT2D eigenvalue weighted by atomic mass is 16.6. The first-order valence-electron chi connectivity index (χ1n) is 7.40. The van der Waals surface area contributed by atoms with Gasteiger partial charge in [0.15, 0.2) is 0 Å². The second-order valence-corrected chi connectivity index (χ2v) is 6.37. The largest absolute Gasteiger partial charge is 0.460 e. The second kappa shape index (κ2) is 6.31. The zero-order valence-corrected chi connectivity index (χ0v) is 13.0. The van der Waals surface area contributed by atoms with E-state index in [2.05, 4.69) is 11.1 Å². The van der Waals surface area contributed by atoms with E-state index in [1.807, 2.05) is 45.2 Å². The van der Waals surface area contributed by atoms with E-state index < -0.39 is 5.60 Å². The number of hydrogen-bond donors (Lipinski definition) is 2. The van der Waals surface area contributed by atoms with E-state index in [-0.39, 0.29) is 12.0 Å². The average molecular weight is 288 g/mol. The van der Waals surface area contributed by atoms with Crippen LogP contribution in [0.25, 0.3) is 10.9 Å². The van der Waals surface area contributed by atoms with Gasteiger partial charge in [-0.25, -0.2) is 0 Å². The summed E-state index contributed by atoms with van der Waals surface area (Å²) in [5, 5.41) is 1.15. The Morgan fingerprint density at radius 1 is 1.33 bits per heavy atom. The monoisotopic (exact) mass is 288 g/mol. The van der Waals surface area contributed by atoms with E-state index in [4.69, 9.17) is 10.5 Å². The van der Waals surface area contributed by atoms with Crippen LogP contribution in [-0.4, -0.2) is 16.6 Å². The van der Waals surface area contributed by atoms with Gasteiger partial charge in [0.1, 0.15) is 5.60 Å². The van der Waals surface area contributed by atoms with Crippen molar-refractivity contribution in [2.45, 2.75) is 51.7 Å². The van der Waals surface area contributed by atoms with Gasteiger partial charge in [0.2, 0.25) is 0 Å². The lowest BCUT2D eigenvalue weighted by Gasteiger charge is -2.19.